The van der Waals surface area contributed by atoms with Crippen LogP contribution in [0, 0.1) is 10.1 Å². The summed E-state index contributed by atoms with van der Waals surface area (Å²) in [6, 6.07) is 3.02. The van der Waals surface area contributed by atoms with Crippen LogP contribution in [0.15, 0.2) is 21.1 Å². The van der Waals surface area contributed by atoms with E-state index in [1.165, 1.54) is 19.1 Å². The lowest BCUT2D eigenvalue weighted by Gasteiger charge is -2.02. The van der Waals surface area contributed by atoms with Gasteiger partial charge in [0, 0.05) is 5.56 Å². The van der Waals surface area contributed by atoms with E-state index in [-0.39, 0.29) is 15.9 Å². The zero-order valence-electron chi connectivity index (χ0n) is 7.08. The second kappa shape index (κ2) is 4.18. The fraction of sp³-hybridized carbons (Fsp3) is 0.125. The van der Waals surface area contributed by atoms with Crippen LogP contribution in [0.5, 0.6) is 0 Å². The van der Waals surface area contributed by atoms with Crippen LogP contribution in [0.1, 0.15) is 17.3 Å². The third kappa shape index (κ3) is 2.01. The molecule has 0 amide bonds. The molecular formula is C8H5Br2NO3. The summed E-state index contributed by atoms with van der Waals surface area (Å²) >= 11 is 6.09. The Morgan fingerprint density at radius 2 is 2.00 bits per heavy atom. The molecular weight excluding hydrogens is 318 g/mol. The first kappa shape index (κ1) is 11.3. The van der Waals surface area contributed by atoms with Crippen molar-refractivity contribution in [2.45, 2.75) is 6.92 Å². The second-order valence-corrected chi connectivity index (χ2v) is 4.22. The van der Waals surface area contributed by atoms with Gasteiger partial charge in [-0.1, -0.05) is 0 Å². The summed E-state index contributed by atoms with van der Waals surface area (Å²) in [6.45, 7) is 1.36. The molecule has 0 atom stereocenters. The van der Waals surface area contributed by atoms with Crippen molar-refractivity contribution in [1.29, 1.82) is 0 Å². The summed E-state index contributed by atoms with van der Waals surface area (Å²) in [5.74, 6) is -0.215. The van der Waals surface area contributed by atoms with Crippen LogP contribution >= 0.6 is 31.9 Å². The predicted octanol–water partition coefficient (Wildman–Crippen LogP) is 3.32. The lowest BCUT2D eigenvalue weighted by atomic mass is 10.1. The fourth-order valence-corrected chi connectivity index (χ4v) is 2.49. The molecule has 0 aliphatic rings. The van der Waals surface area contributed by atoms with E-state index in [0.717, 1.165) is 0 Å². The Morgan fingerprint density at radius 1 is 1.43 bits per heavy atom. The van der Waals surface area contributed by atoms with Crippen LogP contribution in [-0.2, 0) is 0 Å². The number of hydrogen-bond acceptors (Lipinski definition) is 3. The molecule has 6 heteroatoms. The van der Waals surface area contributed by atoms with Crippen LogP contribution < -0.4 is 0 Å². The van der Waals surface area contributed by atoms with Crippen LogP contribution in [0.25, 0.3) is 0 Å². The minimum absolute atomic E-state index is 0.127. The van der Waals surface area contributed by atoms with E-state index in [2.05, 4.69) is 31.9 Å². The molecule has 1 aromatic rings. The maximum atomic E-state index is 11.1. The van der Waals surface area contributed by atoms with Crippen LogP contribution in [0.4, 0.5) is 5.69 Å². The molecule has 0 N–H and O–H groups in total. The number of nitro groups is 1. The first-order valence-electron chi connectivity index (χ1n) is 3.58. The molecule has 0 aliphatic carbocycles. The van der Waals surface area contributed by atoms with Gasteiger partial charge in [-0.05, 0) is 50.9 Å². The highest BCUT2D eigenvalue weighted by atomic mass is 79.9. The number of ketones is 1. The van der Waals surface area contributed by atoms with Gasteiger partial charge in [0.05, 0.1) is 9.40 Å². The molecule has 0 aromatic heterocycles. The number of Topliss-reactive ketones (excluding diaryl/α,β-unsaturated/α-hetero) is 1. The Balaban J connectivity index is 3.49. The van der Waals surface area contributed by atoms with Gasteiger partial charge in [0.25, 0.3) is 5.69 Å². The summed E-state index contributed by atoms with van der Waals surface area (Å²) in [7, 11) is 0. The molecule has 0 bridgehead atoms. The van der Waals surface area contributed by atoms with Crippen molar-refractivity contribution >= 4 is 43.3 Å². The maximum Gasteiger partial charge on any atom is 0.298 e. The molecule has 0 saturated carbocycles. The second-order valence-electron chi connectivity index (χ2n) is 2.57. The van der Waals surface area contributed by atoms with E-state index >= 15 is 0 Å². The van der Waals surface area contributed by atoms with Gasteiger partial charge < -0.3 is 0 Å². The van der Waals surface area contributed by atoms with E-state index in [4.69, 9.17) is 0 Å². The molecule has 0 spiro atoms. The van der Waals surface area contributed by atoms with Gasteiger partial charge in [-0.3, -0.25) is 14.9 Å². The highest BCUT2D eigenvalue weighted by molar-refractivity contribution is 9.11. The summed E-state index contributed by atoms with van der Waals surface area (Å²) in [5, 5.41) is 10.7. The number of carbonyl (C=O) groups excluding carboxylic acids is 1. The Bertz CT molecular complexity index is 417. The Kier molecular flexibility index (Phi) is 3.38. The summed E-state index contributed by atoms with van der Waals surface area (Å²) in [5.41, 5.74) is 0.178. The molecule has 0 fully saturated rings. The topological polar surface area (TPSA) is 60.2 Å². The van der Waals surface area contributed by atoms with E-state index in [1.807, 2.05) is 0 Å². The number of nitrogens with zero attached hydrogens (tertiary/aromatic N) is 1. The number of carbonyl (C=O) groups is 1. The highest BCUT2D eigenvalue weighted by Crippen LogP contribution is 2.35. The number of rotatable bonds is 2. The van der Waals surface area contributed by atoms with Gasteiger partial charge >= 0.3 is 0 Å². The van der Waals surface area contributed by atoms with Gasteiger partial charge in [-0.15, -0.1) is 0 Å². The zero-order valence-corrected chi connectivity index (χ0v) is 10.3. The fourth-order valence-electron chi connectivity index (χ4n) is 0.980. The van der Waals surface area contributed by atoms with Crippen molar-refractivity contribution in [1.82, 2.24) is 0 Å². The summed E-state index contributed by atoms with van der Waals surface area (Å²) < 4.78 is 0.559. The minimum atomic E-state index is -0.541. The van der Waals surface area contributed by atoms with Gasteiger partial charge in [-0.2, -0.15) is 0 Å². The largest absolute Gasteiger partial charge is 0.298 e. The lowest BCUT2D eigenvalue weighted by Crippen LogP contribution is -1.98. The van der Waals surface area contributed by atoms with Crippen LogP contribution in [0.3, 0.4) is 0 Å². The summed E-state index contributed by atoms with van der Waals surface area (Å²) in [4.78, 5) is 21.2. The van der Waals surface area contributed by atoms with Crippen molar-refractivity contribution in [2.75, 3.05) is 0 Å². The molecule has 4 nitrogen and oxygen atoms in total. The molecule has 0 radical (unpaired) electrons. The lowest BCUT2D eigenvalue weighted by molar-refractivity contribution is -0.386. The Morgan fingerprint density at radius 3 is 2.43 bits per heavy atom. The van der Waals surface area contributed by atoms with Crippen molar-refractivity contribution in [3.63, 3.8) is 0 Å². The SMILES string of the molecule is CC(=O)c1ccc(Br)c([N+](=O)[O-])c1Br. The van der Waals surface area contributed by atoms with Gasteiger partial charge in [0.2, 0.25) is 0 Å². The molecule has 74 valence electrons. The monoisotopic (exact) mass is 321 g/mol. The van der Waals surface area contributed by atoms with Crippen LogP contribution in [-0.4, -0.2) is 10.7 Å². The maximum absolute atomic E-state index is 11.1. The molecule has 0 heterocycles. The van der Waals surface area contributed by atoms with Crippen molar-refractivity contribution in [2.24, 2.45) is 0 Å². The average Bonchev–Trinajstić information content (AvgIpc) is 2.02. The number of benzene rings is 1. The first-order chi connectivity index (χ1) is 6.45. The van der Waals surface area contributed by atoms with Crippen molar-refractivity contribution in [3.8, 4) is 0 Å². The normalized spacial score (nSPS) is 9.93. The third-order valence-corrected chi connectivity index (χ3v) is 3.07. The molecule has 14 heavy (non-hydrogen) atoms. The molecule has 0 unspecified atom stereocenters. The highest BCUT2D eigenvalue weighted by Gasteiger charge is 2.21. The van der Waals surface area contributed by atoms with Gasteiger partial charge in [-0.25, -0.2) is 0 Å². The van der Waals surface area contributed by atoms with Crippen LogP contribution in [0.2, 0.25) is 0 Å². The van der Waals surface area contributed by atoms with Crippen molar-refractivity contribution < 1.29 is 9.72 Å². The first-order valence-corrected chi connectivity index (χ1v) is 5.17. The Hall–Kier alpha value is -0.750. The van der Waals surface area contributed by atoms with E-state index in [0.29, 0.717) is 10.0 Å². The molecule has 1 rings (SSSR count). The van der Waals surface area contributed by atoms with E-state index in [1.54, 1.807) is 0 Å². The average molecular weight is 323 g/mol. The molecule has 0 saturated heterocycles. The zero-order chi connectivity index (χ0) is 10.9. The van der Waals surface area contributed by atoms with E-state index < -0.39 is 4.92 Å². The summed E-state index contributed by atoms with van der Waals surface area (Å²) in [6.07, 6.45) is 0. The predicted molar refractivity (Wildman–Crippen MR) is 58.5 cm³/mol. The Labute approximate surface area is 96.7 Å². The van der Waals surface area contributed by atoms with Crippen molar-refractivity contribution in [3.05, 3.63) is 36.8 Å². The molecule has 1 aromatic carbocycles. The number of hydrogen-bond donors (Lipinski definition) is 0. The third-order valence-electron chi connectivity index (χ3n) is 1.63. The number of nitro benzene ring substituents is 1. The minimum Gasteiger partial charge on any atom is -0.294 e. The standard InChI is InChI=1S/C8H5Br2NO3/c1-4(12)5-2-3-6(9)8(7(5)10)11(13)14/h2-3H,1H3. The number of halogens is 2. The molecule has 0 aliphatic heterocycles. The van der Waals surface area contributed by atoms with Gasteiger partial charge in [0.1, 0.15) is 4.47 Å². The van der Waals surface area contributed by atoms with Gasteiger partial charge in [0.15, 0.2) is 5.78 Å². The quantitative estimate of drug-likeness (QED) is 0.476. The van der Waals surface area contributed by atoms with E-state index in [9.17, 15) is 14.9 Å². The smallest absolute Gasteiger partial charge is 0.294 e.